The molecule has 0 saturated carbocycles. The van der Waals surface area contributed by atoms with E-state index >= 15 is 0 Å². The number of fused-ring (bicyclic) bond motifs is 1. The smallest absolute Gasteiger partial charge is 0.408 e. The van der Waals surface area contributed by atoms with E-state index in [9.17, 15) is 4.79 Å². The summed E-state index contributed by atoms with van der Waals surface area (Å²) in [4.78, 5) is 15.8. The van der Waals surface area contributed by atoms with Crippen molar-refractivity contribution in [2.45, 2.75) is 25.8 Å². The highest BCUT2D eigenvalue weighted by Gasteiger charge is 2.12. The van der Waals surface area contributed by atoms with Crippen molar-refractivity contribution in [1.82, 2.24) is 4.98 Å². The van der Waals surface area contributed by atoms with Crippen LogP contribution < -0.4 is 16.4 Å². The van der Waals surface area contributed by atoms with Gasteiger partial charge in [0.05, 0.1) is 5.52 Å². The van der Waals surface area contributed by atoms with Crippen LogP contribution in [0.1, 0.15) is 20.3 Å². The Morgan fingerprint density at radius 2 is 2.17 bits per heavy atom. The summed E-state index contributed by atoms with van der Waals surface area (Å²) in [5.41, 5.74) is 8.09. The molecule has 0 aliphatic rings. The first-order valence-corrected chi connectivity index (χ1v) is 5.98. The van der Waals surface area contributed by atoms with Gasteiger partial charge in [0.15, 0.2) is 5.58 Å². The Kier molecular flexibility index (Phi) is 3.17. The fourth-order valence-electron chi connectivity index (χ4n) is 1.76. The Labute approximate surface area is 106 Å². The molecule has 3 N–H and O–H groups in total. The molecule has 0 radical (unpaired) electrons. The normalized spacial score (nSPS) is 12.0. The van der Waals surface area contributed by atoms with E-state index in [0.717, 1.165) is 24.2 Å². The molecular formula is C13H19N3O2. The lowest BCUT2D eigenvalue weighted by Crippen LogP contribution is -2.36. The van der Waals surface area contributed by atoms with Gasteiger partial charge in [0, 0.05) is 30.9 Å². The second-order valence-corrected chi connectivity index (χ2v) is 5.36. The first kappa shape index (κ1) is 12.7. The standard InChI is InChI=1S/C13H19N3O2/c1-13(2,14)6-7-16(3)9-4-5-10-11(8-9)18-12(17)15-10/h4-5,8H,6-7,14H2,1-3H3,(H,15,17). The summed E-state index contributed by atoms with van der Waals surface area (Å²) in [6.45, 7) is 4.87. The fraction of sp³-hybridized carbons (Fsp3) is 0.462. The van der Waals surface area contributed by atoms with Crippen LogP contribution in [0.25, 0.3) is 11.1 Å². The number of aromatic nitrogens is 1. The van der Waals surface area contributed by atoms with Gasteiger partial charge in [-0.3, -0.25) is 4.98 Å². The molecule has 0 aliphatic heterocycles. The van der Waals surface area contributed by atoms with Gasteiger partial charge >= 0.3 is 5.76 Å². The molecule has 1 heterocycles. The first-order chi connectivity index (χ1) is 8.35. The molecule has 0 spiro atoms. The second-order valence-electron chi connectivity index (χ2n) is 5.36. The van der Waals surface area contributed by atoms with Crippen molar-refractivity contribution in [2.24, 2.45) is 5.73 Å². The van der Waals surface area contributed by atoms with Crippen molar-refractivity contribution in [2.75, 3.05) is 18.5 Å². The quantitative estimate of drug-likeness (QED) is 0.864. The monoisotopic (exact) mass is 249 g/mol. The first-order valence-electron chi connectivity index (χ1n) is 5.98. The topological polar surface area (TPSA) is 75.3 Å². The van der Waals surface area contributed by atoms with Gasteiger partial charge in [0.1, 0.15) is 0 Å². The van der Waals surface area contributed by atoms with Crippen LogP contribution in [0.2, 0.25) is 0 Å². The molecule has 0 atom stereocenters. The van der Waals surface area contributed by atoms with Gasteiger partial charge in [-0.25, -0.2) is 4.79 Å². The Morgan fingerprint density at radius 1 is 1.44 bits per heavy atom. The van der Waals surface area contributed by atoms with Crippen LogP contribution in [0.4, 0.5) is 5.69 Å². The van der Waals surface area contributed by atoms with E-state index in [1.807, 2.05) is 39.1 Å². The van der Waals surface area contributed by atoms with Gasteiger partial charge in [-0.1, -0.05) is 0 Å². The Balaban J connectivity index is 2.17. The summed E-state index contributed by atoms with van der Waals surface area (Å²) < 4.78 is 5.04. The Hall–Kier alpha value is -1.75. The zero-order valence-electron chi connectivity index (χ0n) is 11.0. The summed E-state index contributed by atoms with van der Waals surface area (Å²) in [7, 11) is 2.00. The molecule has 0 fully saturated rings. The average molecular weight is 249 g/mol. The third-order valence-corrected chi connectivity index (χ3v) is 2.94. The highest BCUT2D eigenvalue weighted by molar-refractivity contribution is 5.76. The van der Waals surface area contributed by atoms with Crippen molar-refractivity contribution in [3.8, 4) is 0 Å². The van der Waals surface area contributed by atoms with E-state index in [2.05, 4.69) is 9.88 Å². The minimum atomic E-state index is -0.423. The second kappa shape index (κ2) is 4.49. The summed E-state index contributed by atoms with van der Waals surface area (Å²) in [5, 5.41) is 0. The van der Waals surface area contributed by atoms with Gasteiger partial charge in [0.2, 0.25) is 0 Å². The Bertz CT molecular complexity index is 592. The van der Waals surface area contributed by atoms with Gasteiger partial charge in [0.25, 0.3) is 0 Å². The molecule has 0 unspecified atom stereocenters. The lowest BCUT2D eigenvalue weighted by molar-refractivity contribution is 0.479. The summed E-state index contributed by atoms with van der Waals surface area (Å²) in [5.74, 6) is -0.423. The molecule has 1 aromatic heterocycles. The lowest BCUT2D eigenvalue weighted by atomic mass is 10.0. The average Bonchev–Trinajstić information content (AvgIpc) is 2.63. The maximum atomic E-state index is 11.1. The molecule has 2 aromatic rings. The summed E-state index contributed by atoms with van der Waals surface area (Å²) >= 11 is 0. The van der Waals surface area contributed by atoms with Crippen molar-refractivity contribution >= 4 is 16.8 Å². The van der Waals surface area contributed by atoms with E-state index < -0.39 is 5.76 Å². The molecular weight excluding hydrogens is 230 g/mol. The molecule has 0 bridgehead atoms. The largest absolute Gasteiger partial charge is 0.417 e. The Morgan fingerprint density at radius 3 is 2.83 bits per heavy atom. The third-order valence-electron chi connectivity index (χ3n) is 2.94. The predicted octanol–water partition coefficient (Wildman–Crippen LogP) is 1.68. The van der Waals surface area contributed by atoms with Gasteiger partial charge in [-0.2, -0.15) is 0 Å². The molecule has 0 saturated heterocycles. The van der Waals surface area contributed by atoms with E-state index in [1.54, 1.807) is 0 Å². The maximum absolute atomic E-state index is 11.1. The molecule has 98 valence electrons. The molecule has 2 rings (SSSR count). The van der Waals surface area contributed by atoms with Crippen molar-refractivity contribution in [1.29, 1.82) is 0 Å². The molecule has 0 amide bonds. The van der Waals surface area contributed by atoms with Crippen molar-refractivity contribution < 1.29 is 4.42 Å². The zero-order valence-corrected chi connectivity index (χ0v) is 11.0. The minimum Gasteiger partial charge on any atom is -0.408 e. The maximum Gasteiger partial charge on any atom is 0.417 e. The highest BCUT2D eigenvalue weighted by Crippen LogP contribution is 2.20. The van der Waals surface area contributed by atoms with E-state index in [-0.39, 0.29) is 5.54 Å². The van der Waals surface area contributed by atoms with Gasteiger partial charge in [-0.15, -0.1) is 0 Å². The van der Waals surface area contributed by atoms with Crippen LogP contribution in [0.3, 0.4) is 0 Å². The van der Waals surface area contributed by atoms with Crippen LogP contribution in [-0.4, -0.2) is 24.1 Å². The van der Waals surface area contributed by atoms with Crippen LogP contribution in [0.15, 0.2) is 27.4 Å². The van der Waals surface area contributed by atoms with E-state index in [1.165, 1.54) is 0 Å². The minimum absolute atomic E-state index is 0.182. The molecule has 0 aliphatic carbocycles. The number of oxazole rings is 1. The molecule has 5 heteroatoms. The molecule has 18 heavy (non-hydrogen) atoms. The number of nitrogens with two attached hydrogens (primary N) is 1. The number of hydrogen-bond donors (Lipinski definition) is 2. The van der Waals surface area contributed by atoms with Gasteiger partial charge < -0.3 is 15.1 Å². The SMILES string of the molecule is CN(CCC(C)(C)N)c1ccc2[nH]c(=O)oc2c1. The fourth-order valence-corrected chi connectivity index (χ4v) is 1.76. The van der Waals surface area contributed by atoms with Crippen LogP contribution in [0.5, 0.6) is 0 Å². The van der Waals surface area contributed by atoms with Crippen LogP contribution in [0, 0.1) is 0 Å². The number of hydrogen-bond acceptors (Lipinski definition) is 4. The number of nitrogens with one attached hydrogen (secondary N) is 1. The predicted molar refractivity (Wildman–Crippen MR) is 73.0 cm³/mol. The number of rotatable bonds is 4. The molecule has 1 aromatic carbocycles. The zero-order chi connectivity index (χ0) is 13.3. The third kappa shape index (κ3) is 2.92. The van der Waals surface area contributed by atoms with E-state index in [4.69, 9.17) is 10.2 Å². The number of aromatic amines is 1. The summed E-state index contributed by atoms with van der Waals surface area (Å²) in [6.07, 6.45) is 0.888. The van der Waals surface area contributed by atoms with Crippen molar-refractivity contribution in [3.63, 3.8) is 0 Å². The number of anilines is 1. The number of nitrogens with zero attached hydrogens (tertiary/aromatic N) is 1. The van der Waals surface area contributed by atoms with Crippen molar-refractivity contribution in [3.05, 3.63) is 28.7 Å². The molecule has 5 nitrogen and oxygen atoms in total. The van der Waals surface area contributed by atoms with Crippen LogP contribution >= 0.6 is 0 Å². The van der Waals surface area contributed by atoms with E-state index in [0.29, 0.717) is 5.58 Å². The van der Waals surface area contributed by atoms with Crippen LogP contribution in [-0.2, 0) is 0 Å². The number of H-pyrrole nitrogens is 1. The number of benzene rings is 1. The summed E-state index contributed by atoms with van der Waals surface area (Å²) in [6, 6.07) is 5.66. The lowest BCUT2D eigenvalue weighted by Gasteiger charge is -2.25. The highest BCUT2D eigenvalue weighted by atomic mass is 16.4. The van der Waals surface area contributed by atoms with Gasteiger partial charge in [-0.05, 0) is 32.4 Å².